The Morgan fingerprint density at radius 2 is 2.23 bits per heavy atom. The van der Waals surface area contributed by atoms with E-state index in [0.29, 0.717) is 17.8 Å². The van der Waals surface area contributed by atoms with Gasteiger partial charge in [0, 0.05) is 35.4 Å². The standard InChI is InChI=1S/C18H16N4O3S/c23-18(21-8-1-3-15(21)17-4-2-10-26-17)13-5-6-14(16(11-13)22(24)25)20-9-7-19-12-20/h2,4-7,9-12,15H,1,3,8H2. The van der Waals surface area contributed by atoms with Gasteiger partial charge in [-0.25, -0.2) is 4.98 Å². The molecule has 0 bridgehead atoms. The third kappa shape index (κ3) is 2.88. The maximum atomic E-state index is 13.0. The maximum absolute atomic E-state index is 13.0. The zero-order valence-electron chi connectivity index (χ0n) is 13.8. The average molecular weight is 368 g/mol. The summed E-state index contributed by atoms with van der Waals surface area (Å²) in [5.74, 6) is -0.166. The summed E-state index contributed by atoms with van der Waals surface area (Å²) in [6, 6.07) is 8.67. The largest absolute Gasteiger partial charge is 0.331 e. The molecule has 2 aromatic heterocycles. The molecule has 26 heavy (non-hydrogen) atoms. The second kappa shape index (κ2) is 6.72. The number of aromatic nitrogens is 2. The molecular formula is C18H16N4O3S. The predicted molar refractivity (Wildman–Crippen MR) is 97.5 cm³/mol. The number of nitro benzene ring substituents is 1. The summed E-state index contributed by atoms with van der Waals surface area (Å²) >= 11 is 1.63. The van der Waals surface area contributed by atoms with E-state index in [4.69, 9.17) is 0 Å². The van der Waals surface area contributed by atoms with Crippen molar-refractivity contribution in [2.75, 3.05) is 6.54 Å². The first-order chi connectivity index (χ1) is 12.6. The normalized spacial score (nSPS) is 16.8. The minimum Gasteiger partial charge on any atom is -0.331 e. The molecule has 1 aliphatic heterocycles. The third-order valence-corrected chi connectivity index (χ3v) is 5.56. The molecule has 0 saturated carbocycles. The Labute approximate surface area is 153 Å². The Balaban J connectivity index is 1.68. The second-order valence-electron chi connectivity index (χ2n) is 6.10. The molecule has 8 heteroatoms. The first-order valence-corrected chi connectivity index (χ1v) is 9.14. The lowest BCUT2D eigenvalue weighted by atomic mass is 10.1. The van der Waals surface area contributed by atoms with Gasteiger partial charge in [0.2, 0.25) is 0 Å². The van der Waals surface area contributed by atoms with E-state index in [9.17, 15) is 14.9 Å². The fourth-order valence-electron chi connectivity index (χ4n) is 3.37. The highest BCUT2D eigenvalue weighted by Gasteiger charge is 2.32. The van der Waals surface area contributed by atoms with Gasteiger partial charge in [-0.1, -0.05) is 6.07 Å². The van der Waals surface area contributed by atoms with E-state index in [1.165, 1.54) is 12.4 Å². The van der Waals surface area contributed by atoms with Crippen LogP contribution in [0.25, 0.3) is 5.69 Å². The molecule has 1 saturated heterocycles. The first kappa shape index (κ1) is 16.5. The number of nitrogens with zero attached hydrogens (tertiary/aromatic N) is 4. The molecule has 0 N–H and O–H groups in total. The molecular weight excluding hydrogens is 352 g/mol. The van der Waals surface area contributed by atoms with Gasteiger partial charge in [-0.3, -0.25) is 14.9 Å². The molecule has 4 rings (SSSR count). The summed E-state index contributed by atoms with van der Waals surface area (Å²) in [4.78, 5) is 31.0. The Kier molecular flexibility index (Phi) is 4.26. The zero-order valence-corrected chi connectivity index (χ0v) is 14.6. The molecule has 3 aromatic rings. The van der Waals surface area contributed by atoms with Crippen molar-refractivity contribution >= 4 is 22.9 Å². The number of amides is 1. The van der Waals surface area contributed by atoms with E-state index in [-0.39, 0.29) is 17.6 Å². The number of imidazole rings is 1. The molecule has 1 fully saturated rings. The lowest BCUT2D eigenvalue weighted by Crippen LogP contribution is -2.30. The van der Waals surface area contributed by atoms with Crippen LogP contribution in [-0.2, 0) is 0 Å². The van der Waals surface area contributed by atoms with E-state index in [0.717, 1.165) is 17.7 Å². The Hall–Kier alpha value is -3.00. The molecule has 1 aliphatic rings. The summed E-state index contributed by atoms with van der Waals surface area (Å²) in [6.07, 6.45) is 6.54. The van der Waals surface area contributed by atoms with Crippen LogP contribution < -0.4 is 0 Å². The Morgan fingerprint density at radius 3 is 2.92 bits per heavy atom. The molecule has 0 radical (unpaired) electrons. The summed E-state index contributed by atoms with van der Waals surface area (Å²) in [7, 11) is 0. The van der Waals surface area contributed by atoms with Crippen molar-refractivity contribution < 1.29 is 9.72 Å². The Morgan fingerprint density at radius 1 is 1.35 bits per heavy atom. The van der Waals surface area contributed by atoms with Crippen LogP contribution in [0.4, 0.5) is 5.69 Å². The van der Waals surface area contributed by atoms with Crippen LogP contribution in [0.5, 0.6) is 0 Å². The summed E-state index contributed by atoms with van der Waals surface area (Å²) < 4.78 is 1.57. The van der Waals surface area contributed by atoms with E-state index in [1.54, 1.807) is 40.4 Å². The predicted octanol–water partition coefficient (Wildman–Crippen LogP) is 3.82. The van der Waals surface area contributed by atoms with Gasteiger partial charge >= 0.3 is 0 Å². The van der Waals surface area contributed by atoms with Gasteiger partial charge in [-0.05, 0) is 36.4 Å². The van der Waals surface area contributed by atoms with Gasteiger partial charge in [0.25, 0.3) is 11.6 Å². The van der Waals surface area contributed by atoms with Crippen molar-refractivity contribution in [1.82, 2.24) is 14.5 Å². The highest BCUT2D eigenvalue weighted by atomic mass is 32.1. The van der Waals surface area contributed by atoms with E-state index < -0.39 is 4.92 Å². The number of hydrogen-bond acceptors (Lipinski definition) is 5. The molecule has 0 spiro atoms. The fourth-order valence-corrected chi connectivity index (χ4v) is 4.25. The van der Waals surface area contributed by atoms with Gasteiger partial charge in [0.05, 0.1) is 17.3 Å². The first-order valence-electron chi connectivity index (χ1n) is 8.26. The molecule has 132 valence electrons. The minimum absolute atomic E-state index is 0.0508. The topological polar surface area (TPSA) is 81.3 Å². The highest BCUT2D eigenvalue weighted by molar-refractivity contribution is 7.10. The number of benzene rings is 1. The van der Waals surface area contributed by atoms with Crippen LogP contribution in [0.1, 0.15) is 34.1 Å². The SMILES string of the molecule is O=C(c1ccc(-n2ccnc2)c([N+](=O)[O-])c1)N1CCCC1c1cccs1. The highest BCUT2D eigenvalue weighted by Crippen LogP contribution is 2.36. The number of carbonyl (C=O) groups is 1. The number of nitro groups is 1. The molecule has 3 heterocycles. The van der Waals surface area contributed by atoms with E-state index in [1.807, 2.05) is 22.4 Å². The monoisotopic (exact) mass is 368 g/mol. The molecule has 0 aliphatic carbocycles. The average Bonchev–Trinajstić information content (AvgIpc) is 3.42. The number of rotatable bonds is 4. The third-order valence-electron chi connectivity index (χ3n) is 4.59. The molecule has 1 unspecified atom stereocenters. The number of carbonyl (C=O) groups excluding carboxylic acids is 1. The minimum atomic E-state index is -0.465. The molecule has 1 amide bonds. The Bertz CT molecular complexity index is 938. The van der Waals surface area contributed by atoms with Gasteiger partial charge in [0.15, 0.2) is 0 Å². The lowest BCUT2D eigenvalue weighted by Gasteiger charge is -2.24. The fraction of sp³-hybridized carbons (Fsp3) is 0.222. The number of thiophene rings is 1. The molecule has 1 aromatic carbocycles. The van der Waals surface area contributed by atoms with Crippen molar-refractivity contribution in [3.8, 4) is 5.69 Å². The van der Waals surface area contributed by atoms with Gasteiger partial charge in [-0.15, -0.1) is 11.3 Å². The summed E-state index contributed by atoms with van der Waals surface area (Å²) in [6.45, 7) is 0.665. The molecule has 1 atom stereocenters. The van der Waals surface area contributed by atoms with Gasteiger partial charge in [-0.2, -0.15) is 0 Å². The quantitative estimate of drug-likeness (QED) is 0.518. The van der Waals surface area contributed by atoms with Gasteiger partial charge < -0.3 is 9.47 Å². The summed E-state index contributed by atoms with van der Waals surface area (Å²) in [5, 5.41) is 13.5. The number of likely N-dealkylation sites (tertiary alicyclic amines) is 1. The van der Waals surface area contributed by atoms with Crippen molar-refractivity contribution in [3.05, 3.63) is 75.0 Å². The van der Waals surface area contributed by atoms with Crippen molar-refractivity contribution in [2.24, 2.45) is 0 Å². The molecule has 7 nitrogen and oxygen atoms in total. The van der Waals surface area contributed by atoms with Gasteiger partial charge in [0.1, 0.15) is 5.69 Å². The maximum Gasteiger partial charge on any atom is 0.294 e. The summed E-state index contributed by atoms with van der Waals surface area (Å²) in [5.41, 5.74) is 0.616. The van der Waals surface area contributed by atoms with Crippen molar-refractivity contribution in [3.63, 3.8) is 0 Å². The smallest absolute Gasteiger partial charge is 0.294 e. The van der Waals surface area contributed by atoms with Crippen LogP contribution in [0.3, 0.4) is 0 Å². The lowest BCUT2D eigenvalue weighted by molar-refractivity contribution is -0.384. The number of hydrogen-bond donors (Lipinski definition) is 0. The van der Waals surface area contributed by atoms with Crippen molar-refractivity contribution in [1.29, 1.82) is 0 Å². The van der Waals surface area contributed by atoms with Crippen LogP contribution in [-0.4, -0.2) is 31.8 Å². The van der Waals surface area contributed by atoms with Crippen LogP contribution >= 0.6 is 11.3 Å². The van der Waals surface area contributed by atoms with Crippen molar-refractivity contribution in [2.45, 2.75) is 18.9 Å². The van der Waals surface area contributed by atoms with E-state index >= 15 is 0 Å². The van der Waals surface area contributed by atoms with Crippen LogP contribution in [0.2, 0.25) is 0 Å². The van der Waals surface area contributed by atoms with Crippen LogP contribution in [0.15, 0.2) is 54.4 Å². The zero-order chi connectivity index (χ0) is 18.1. The second-order valence-corrected chi connectivity index (χ2v) is 7.08. The van der Waals surface area contributed by atoms with Crippen LogP contribution in [0, 0.1) is 10.1 Å². The van der Waals surface area contributed by atoms with E-state index in [2.05, 4.69) is 4.98 Å².